The highest BCUT2D eigenvalue weighted by Crippen LogP contribution is 2.24. The molecule has 2 aromatic rings. The monoisotopic (exact) mass is 361 g/mol. The van der Waals surface area contributed by atoms with Gasteiger partial charge in [-0.15, -0.1) is 0 Å². The molecule has 20 heavy (non-hydrogen) atoms. The first kappa shape index (κ1) is 14.7. The molecular formula is C11H9BrFN3O3S. The number of ether oxygens (including phenoxy) is 1. The highest BCUT2D eigenvalue weighted by molar-refractivity contribution is 9.10. The molecule has 1 aromatic heterocycles. The molecule has 0 bridgehead atoms. The molecule has 0 unspecified atom stereocenters. The summed E-state index contributed by atoms with van der Waals surface area (Å²) >= 11 is 2.98. The average Bonchev–Trinajstić information content (AvgIpc) is 2.42. The van der Waals surface area contributed by atoms with Gasteiger partial charge in [0.25, 0.3) is 15.9 Å². The third-order valence-corrected chi connectivity index (χ3v) is 4.15. The second-order valence-corrected chi connectivity index (χ2v) is 6.06. The van der Waals surface area contributed by atoms with E-state index in [1.165, 1.54) is 31.6 Å². The van der Waals surface area contributed by atoms with Crippen molar-refractivity contribution in [1.82, 2.24) is 9.97 Å². The first-order valence-electron chi connectivity index (χ1n) is 5.27. The molecule has 0 saturated heterocycles. The van der Waals surface area contributed by atoms with Gasteiger partial charge in [-0.25, -0.2) is 14.4 Å². The maximum Gasteiger partial charge on any atom is 0.284 e. The lowest BCUT2D eigenvalue weighted by molar-refractivity contribution is 0.380. The number of benzene rings is 1. The minimum atomic E-state index is -3.98. The minimum Gasteiger partial charge on any atom is -0.479 e. The first-order chi connectivity index (χ1) is 9.44. The topological polar surface area (TPSA) is 81.2 Å². The van der Waals surface area contributed by atoms with Crippen molar-refractivity contribution in [1.29, 1.82) is 0 Å². The predicted molar refractivity (Wildman–Crippen MR) is 73.5 cm³/mol. The molecule has 6 nitrogen and oxygen atoms in total. The van der Waals surface area contributed by atoms with E-state index in [1.54, 1.807) is 0 Å². The lowest BCUT2D eigenvalue weighted by Gasteiger charge is -2.09. The molecule has 106 valence electrons. The second-order valence-electron chi connectivity index (χ2n) is 3.61. The van der Waals surface area contributed by atoms with Gasteiger partial charge in [0.1, 0.15) is 5.82 Å². The number of hydrogen-bond donors (Lipinski definition) is 1. The van der Waals surface area contributed by atoms with Crippen molar-refractivity contribution in [3.8, 4) is 5.88 Å². The van der Waals surface area contributed by atoms with E-state index in [0.717, 1.165) is 6.07 Å². The summed E-state index contributed by atoms with van der Waals surface area (Å²) in [7, 11) is -2.69. The third-order valence-electron chi connectivity index (χ3n) is 2.25. The van der Waals surface area contributed by atoms with Gasteiger partial charge in [-0.2, -0.15) is 8.42 Å². The fraction of sp³-hybridized carbons (Fsp3) is 0.0909. The number of nitrogens with one attached hydrogen (secondary N) is 1. The summed E-state index contributed by atoms with van der Waals surface area (Å²) in [4.78, 5) is 7.50. The summed E-state index contributed by atoms with van der Waals surface area (Å²) in [6, 6.07) is 3.73. The fourth-order valence-electron chi connectivity index (χ4n) is 1.40. The Labute approximate surface area is 123 Å². The summed E-state index contributed by atoms with van der Waals surface area (Å²) in [5.74, 6) is -0.619. The van der Waals surface area contributed by atoms with Crippen LogP contribution in [0.1, 0.15) is 0 Å². The van der Waals surface area contributed by atoms with E-state index >= 15 is 0 Å². The van der Waals surface area contributed by atoms with Crippen LogP contribution < -0.4 is 9.46 Å². The number of hydrogen-bond acceptors (Lipinski definition) is 5. The van der Waals surface area contributed by atoms with E-state index in [2.05, 4.69) is 30.6 Å². The van der Waals surface area contributed by atoms with Crippen LogP contribution in [-0.4, -0.2) is 25.5 Å². The van der Waals surface area contributed by atoms with Gasteiger partial charge >= 0.3 is 0 Å². The molecule has 0 fully saturated rings. The van der Waals surface area contributed by atoms with E-state index < -0.39 is 15.8 Å². The van der Waals surface area contributed by atoms with Crippen molar-refractivity contribution < 1.29 is 17.5 Å². The van der Waals surface area contributed by atoms with Gasteiger partial charge in [-0.1, -0.05) is 0 Å². The van der Waals surface area contributed by atoms with Gasteiger partial charge in [0.2, 0.25) is 5.03 Å². The van der Waals surface area contributed by atoms with Crippen LogP contribution in [0.15, 0.2) is 40.1 Å². The molecule has 2 rings (SSSR count). The first-order valence-corrected chi connectivity index (χ1v) is 7.54. The van der Waals surface area contributed by atoms with E-state index in [-0.39, 0.29) is 21.1 Å². The Hall–Kier alpha value is -1.74. The third kappa shape index (κ3) is 3.05. The Balaban J connectivity index is 2.38. The zero-order chi connectivity index (χ0) is 14.8. The van der Waals surface area contributed by atoms with Crippen molar-refractivity contribution >= 4 is 31.6 Å². The summed E-state index contributed by atoms with van der Waals surface area (Å²) in [6.45, 7) is 0. The zero-order valence-electron chi connectivity index (χ0n) is 10.2. The maximum absolute atomic E-state index is 13.1. The van der Waals surface area contributed by atoms with Gasteiger partial charge in [-0.3, -0.25) is 4.72 Å². The Morgan fingerprint density at radius 3 is 2.65 bits per heavy atom. The summed E-state index contributed by atoms with van der Waals surface area (Å²) in [5, 5.41) is -0.344. The number of rotatable bonds is 4. The Bertz CT molecular complexity index is 739. The zero-order valence-corrected chi connectivity index (χ0v) is 12.6. The van der Waals surface area contributed by atoms with Gasteiger partial charge in [0, 0.05) is 12.4 Å². The molecule has 0 aliphatic carbocycles. The quantitative estimate of drug-likeness (QED) is 0.902. The molecule has 0 spiro atoms. The summed E-state index contributed by atoms with van der Waals surface area (Å²) in [6.07, 6.45) is 2.55. The molecule has 0 amide bonds. The van der Waals surface area contributed by atoms with E-state index in [4.69, 9.17) is 4.74 Å². The van der Waals surface area contributed by atoms with Crippen molar-refractivity contribution in [3.05, 3.63) is 40.9 Å². The lowest BCUT2D eigenvalue weighted by Crippen LogP contribution is -2.16. The smallest absolute Gasteiger partial charge is 0.284 e. The van der Waals surface area contributed by atoms with E-state index in [9.17, 15) is 12.8 Å². The number of nitrogens with zero attached hydrogens (tertiary/aromatic N) is 2. The Kier molecular flexibility index (Phi) is 4.19. The lowest BCUT2D eigenvalue weighted by atomic mass is 10.3. The molecule has 0 aliphatic heterocycles. The van der Waals surface area contributed by atoms with E-state index in [0.29, 0.717) is 0 Å². The Morgan fingerprint density at radius 2 is 2.00 bits per heavy atom. The number of halogens is 2. The van der Waals surface area contributed by atoms with E-state index in [1.807, 2.05) is 0 Å². The molecule has 0 atom stereocenters. The number of sulfonamides is 1. The van der Waals surface area contributed by atoms with Crippen LogP contribution in [0.3, 0.4) is 0 Å². The van der Waals surface area contributed by atoms with Crippen molar-refractivity contribution in [3.63, 3.8) is 0 Å². The van der Waals surface area contributed by atoms with Crippen molar-refractivity contribution in [2.45, 2.75) is 5.03 Å². The molecule has 0 radical (unpaired) electrons. The molecule has 0 saturated carbocycles. The predicted octanol–water partition coefficient (Wildman–Crippen LogP) is 2.19. The molecule has 9 heteroatoms. The van der Waals surface area contributed by atoms with Crippen LogP contribution >= 0.6 is 15.9 Å². The van der Waals surface area contributed by atoms with Gasteiger partial charge < -0.3 is 4.74 Å². The van der Waals surface area contributed by atoms with Gasteiger partial charge in [0.05, 0.1) is 17.3 Å². The Morgan fingerprint density at radius 1 is 1.30 bits per heavy atom. The van der Waals surface area contributed by atoms with Crippen molar-refractivity contribution in [2.75, 3.05) is 11.8 Å². The summed E-state index contributed by atoms with van der Waals surface area (Å²) < 4.78 is 44.7. The highest BCUT2D eigenvalue weighted by Gasteiger charge is 2.22. The van der Waals surface area contributed by atoms with Crippen LogP contribution in [0.25, 0.3) is 0 Å². The van der Waals surface area contributed by atoms with Gasteiger partial charge in [-0.05, 0) is 34.1 Å². The average molecular weight is 362 g/mol. The molecule has 1 aromatic carbocycles. The van der Waals surface area contributed by atoms with Gasteiger partial charge in [0.15, 0.2) is 0 Å². The summed E-state index contributed by atoms with van der Waals surface area (Å²) in [5.41, 5.74) is 0.186. The molecular weight excluding hydrogens is 353 g/mol. The largest absolute Gasteiger partial charge is 0.479 e. The molecule has 1 N–H and O–H groups in total. The van der Waals surface area contributed by atoms with Crippen LogP contribution in [0.5, 0.6) is 5.88 Å². The number of anilines is 1. The highest BCUT2D eigenvalue weighted by atomic mass is 79.9. The number of aromatic nitrogens is 2. The fourth-order valence-corrected chi connectivity index (χ4v) is 2.88. The second kappa shape index (κ2) is 5.71. The number of methoxy groups -OCH3 is 1. The van der Waals surface area contributed by atoms with Crippen LogP contribution in [0, 0.1) is 5.82 Å². The normalized spacial score (nSPS) is 11.2. The maximum atomic E-state index is 13.1. The van der Waals surface area contributed by atoms with Crippen LogP contribution in [0.2, 0.25) is 0 Å². The molecule has 0 aliphatic rings. The minimum absolute atomic E-state index is 0.124. The standard InChI is InChI=1S/C11H9BrFN3O3S/c1-19-10-11(15-5-4-14-10)20(17,18)16-7-2-3-9(13)8(12)6-7/h2-6,16H,1H3. The SMILES string of the molecule is COc1nccnc1S(=O)(=O)Nc1ccc(F)c(Br)c1. The van der Waals surface area contributed by atoms with Crippen LogP contribution in [0.4, 0.5) is 10.1 Å². The van der Waals surface area contributed by atoms with Crippen LogP contribution in [-0.2, 0) is 10.0 Å². The molecule has 1 heterocycles. The van der Waals surface area contributed by atoms with Crippen molar-refractivity contribution in [2.24, 2.45) is 0 Å².